The molecule has 3 heterocycles. The first kappa shape index (κ1) is 30.8. The van der Waals surface area contributed by atoms with E-state index in [0.29, 0.717) is 17.5 Å². The molecule has 5 nitrogen and oxygen atoms in total. The van der Waals surface area contributed by atoms with Crippen molar-refractivity contribution in [3.8, 4) is 39.9 Å². The number of hydrogen-bond donors (Lipinski definition) is 0. The number of furan rings is 1. The van der Waals surface area contributed by atoms with Gasteiger partial charge in [0.2, 0.25) is 0 Å². The summed E-state index contributed by atoms with van der Waals surface area (Å²) in [6.45, 7) is 0. The molecule has 0 spiro atoms. The number of aromatic nitrogens is 4. The number of hydrogen-bond acceptors (Lipinski definition) is 4. The third-order valence-electron chi connectivity index (χ3n) is 11.2. The molecule has 0 bridgehead atoms. The average molecular weight is 715 g/mol. The van der Waals surface area contributed by atoms with Crippen LogP contribution in [0.5, 0.6) is 0 Å². The van der Waals surface area contributed by atoms with Crippen LogP contribution < -0.4 is 0 Å². The molecule has 9 aromatic carbocycles. The molecule has 0 amide bonds. The standard InChI is InChI=1S/C51H30N4O/c1-2-14-33(15-3-1)49-52-50(37-23-22-31-12-4-5-16-34(31)28-37)54-51(53-49)40-25-27-44-47(41-29-35-17-6-7-18-36(35)30-45(41)56-44)48(40)55-42-21-11-10-20-39(42)46-38-19-9-8-13-32(38)24-26-43(46)55/h1-30H. The van der Waals surface area contributed by atoms with E-state index in [4.69, 9.17) is 19.4 Å². The number of fused-ring (bicyclic) bond motifs is 10. The van der Waals surface area contributed by atoms with Crippen molar-refractivity contribution in [2.75, 3.05) is 0 Å². The first-order valence-corrected chi connectivity index (χ1v) is 18.9. The molecule has 0 atom stereocenters. The fraction of sp³-hybridized carbons (Fsp3) is 0. The van der Waals surface area contributed by atoms with E-state index >= 15 is 0 Å². The molecule has 0 aliphatic rings. The first-order chi connectivity index (χ1) is 27.7. The molecule has 12 aromatic rings. The second-order valence-electron chi connectivity index (χ2n) is 14.4. The molecular weight excluding hydrogens is 685 g/mol. The van der Waals surface area contributed by atoms with Crippen LogP contribution in [0.4, 0.5) is 0 Å². The predicted octanol–water partition coefficient (Wildman–Crippen LogP) is 13.3. The van der Waals surface area contributed by atoms with Gasteiger partial charge >= 0.3 is 0 Å². The van der Waals surface area contributed by atoms with Crippen LogP contribution >= 0.6 is 0 Å². The molecule has 12 rings (SSSR count). The maximum Gasteiger partial charge on any atom is 0.166 e. The van der Waals surface area contributed by atoms with Crippen molar-refractivity contribution in [3.63, 3.8) is 0 Å². The lowest BCUT2D eigenvalue weighted by atomic mass is 10.0. The lowest BCUT2D eigenvalue weighted by molar-refractivity contribution is 0.669. The number of rotatable bonds is 4. The Labute approximate surface area is 320 Å². The fourth-order valence-electron chi connectivity index (χ4n) is 8.60. The topological polar surface area (TPSA) is 56.7 Å². The highest BCUT2D eigenvalue weighted by Gasteiger charge is 2.25. The van der Waals surface area contributed by atoms with Crippen LogP contribution in [0.2, 0.25) is 0 Å². The minimum atomic E-state index is 0.584. The lowest BCUT2D eigenvalue weighted by Gasteiger charge is -2.16. The van der Waals surface area contributed by atoms with Crippen molar-refractivity contribution in [1.82, 2.24) is 19.5 Å². The average Bonchev–Trinajstić information content (AvgIpc) is 3.80. The highest BCUT2D eigenvalue weighted by molar-refractivity contribution is 6.23. The zero-order valence-corrected chi connectivity index (χ0v) is 30.0. The second-order valence-corrected chi connectivity index (χ2v) is 14.4. The van der Waals surface area contributed by atoms with Crippen molar-refractivity contribution in [2.24, 2.45) is 0 Å². The summed E-state index contributed by atoms with van der Waals surface area (Å²) in [6, 6.07) is 63.8. The van der Waals surface area contributed by atoms with Crippen LogP contribution in [0, 0.1) is 0 Å². The van der Waals surface area contributed by atoms with Crippen molar-refractivity contribution >= 4 is 76.1 Å². The van der Waals surface area contributed by atoms with Crippen molar-refractivity contribution in [1.29, 1.82) is 0 Å². The minimum absolute atomic E-state index is 0.584. The van der Waals surface area contributed by atoms with Gasteiger partial charge in [-0.15, -0.1) is 0 Å². The summed E-state index contributed by atoms with van der Waals surface area (Å²) in [7, 11) is 0. The van der Waals surface area contributed by atoms with Gasteiger partial charge in [-0.05, 0) is 74.8 Å². The van der Waals surface area contributed by atoms with Gasteiger partial charge in [-0.25, -0.2) is 15.0 Å². The summed E-state index contributed by atoms with van der Waals surface area (Å²) in [6.07, 6.45) is 0. The highest BCUT2D eigenvalue weighted by atomic mass is 16.3. The molecule has 56 heavy (non-hydrogen) atoms. The molecular formula is C51H30N4O. The van der Waals surface area contributed by atoms with Gasteiger partial charge < -0.3 is 8.98 Å². The zero-order chi connectivity index (χ0) is 36.7. The van der Waals surface area contributed by atoms with Crippen LogP contribution in [0.15, 0.2) is 186 Å². The van der Waals surface area contributed by atoms with Gasteiger partial charge in [-0.1, -0.05) is 140 Å². The van der Waals surface area contributed by atoms with Crippen LogP contribution in [-0.4, -0.2) is 19.5 Å². The Morgan fingerprint density at radius 1 is 0.357 bits per heavy atom. The van der Waals surface area contributed by atoms with Gasteiger partial charge in [-0.2, -0.15) is 0 Å². The molecule has 0 aliphatic heterocycles. The first-order valence-electron chi connectivity index (χ1n) is 18.9. The van der Waals surface area contributed by atoms with E-state index in [1.807, 2.05) is 18.2 Å². The lowest BCUT2D eigenvalue weighted by Crippen LogP contribution is -2.04. The largest absolute Gasteiger partial charge is 0.456 e. The summed E-state index contributed by atoms with van der Waals surface area (Å²) in [5, 5.41) is 11.4. The maximum atomic E-state index is 6.74. The SMILES string of the molecule is c1ccc(-c2nc(-c3ccc4ccccc4c3)nc(-c3ccc4oc5cc6ccccc6cc5c4c3-n3c4ccccc4c4c5ccccc5ccc43)n2)cc1. The van der Waals surface area contributed by atoms with E-state index in [2.05, 4.69) is 168 Å². The second kappa shape index (κ2) is 11.9. The van der Waals surface area contributed by atoms with Crippen molar-refractivity contribution in [2.45, 2.75) is 0 Å². The van der Waals surface area contributed by atoms with E-state index < -0.39 is 0 Å². The molecule has 5 heteroatoms. The number of benzene rings is 9. The van der Waals surface area contributed by atoms with Gasteiger partial charge in [0.1, 0.15) is 11.2 Å². The Hall–Kier alpha value is -7.63. The Balaban J connectivity index is 1.24. The smallest absolute Gasteiger partial charge is 0.166 e. The molecule has 0 N–H and O–H groups in total. The van der Waals surface area contributed by atoms with E-state index in [1.54, 1.807) is 0 Å². The number of nitrogens with zero attached hydrogens (tertiary/aromatic N) is 4. The van der Waals surface area contributed by atoms with Gasteiger partial charge in [0, 0.05) is 32.8 Å². The molecule has 0 radical (unpaired) electrons. The fourth-order valence-corrected chi connectivity index (χ4v) is 8.60. The normalized spacial score (nSPS) is 11.9. The number of para-hydroxylation sites is 1. The summed E-state index contributed by atoms with van der Waals surface area (Å²) < 4.78 is 9.15. The summed E-state index contributed by atoms with van der Waals surface area (Å²) in [5.41, 5.74) is 7.52. The van der Waals surface area contributed by atoms with Crippen molar-refractivity contribution < 1.29 is 4.42 Å². The van der Waals surface area contributed by atoms with Crippen LogP contribution in [0.3, 0.4) is 0 Å². The zero-order valence-electron chi connectivity index (χ0n) is 30.0. The Bertz CT molecular complexity index is 3540. The highest BCUT2D eigenvalue weighted by Crippen LogP contribution is 2.45. The minimum Gasteiger partial charge on any atom is -0.456 e. The van der Waals surface area contributed by atoms with E-state index in [-0.39, 0.29) is 0 Å². The summed E-state index contributed by atoms with van der Waals surface area (Å²) >= 11 is 0. The molecule has 0 fully saturated rings. The van der Waals surface area contributed by atoms with E-state index in [0.717, 1.165) is 71.5 Å². The Morgan fingerprint density at radius 3 is 1.80 bits per heavy atom. The molecule has 3 aromatic heterocycles. The molecule has 0 saturated carbocycles. The maximum absolute atomic E-state index is 6.74. The van der Waals surface area contributed by atoms with Gasteiger partial charge in [0.15, 0.2) is 17.5 Å². The Kier molecular flexibility index (Phi) is 6.56. The molecule has 0 unspecified atom stereocenters. The predicted molar refractivity (Wildman–Crippen MR) is 230 cm³/mol. The third kappa shape index (κ3) is 4.64. The van der Waals surface area contributed by atoms with Gasteiger partial charge in [0.25, 0.3) is 0 Å². The quantitative estimate of drug-likeness (QED) is 0.182. The van der Waals surface area contributed by atoms with Crippen LogP contribution in [-0.2, 0) is 0 Å². The third-order valence-corrected chi connectivity index (χ3v) is 11.2. The van der Waals surface area contributed by atoms with Crippen LogP contribution in [0.25, 0.3) is 116 Å². The van der Waals surface area contributed by atoms with Gasteiger partial charge in [0.05, 0.1) is 22.1 Å². The van der Waals surface area contributed by atoms with E-state index in [1.165, 1.54) is 26.9 Å². The summed E-state index contributed by atoms with van der Waals surface area (Å²) in [4.78, 5) is 15.8. The Morgan fingerprint density at radius 2 is 0.982 bits per heavy atom. The molecule has 0 saturated heterocycles. The molecule has 260 valence electrons. The summed E-state index contributed by atoms with van der Waals surface area (Å²) in [5.74, 6) is 1.81. The monoisotopic (exact) mass is 714 g/mol. The van der Waals surface area contributed by atoms with E-state index in [9.17, 15) is 0 Å². The van der Waals surface area contributed by atoms with Crippen molar-refractivity contribution in [3.05, 3.63) is 182 Å². The van der Waals surface area contributed by atoms with Crippen LogP contribution in [0.1, 0.15) is 0 Å². The van der Waals surface area contributed by atoms with Gasteiger partial charge in [-0.3, -0.25) is 0 Å². The molecule has 0 aliphatic carbocycles.